The van der Waals surface area contributed by atoms with Crippen molar-refractivity contribution in [1.82, 2.24) is 0 Å². The van der Waals surface area contributed by atoms with E-state index in [-0.39, 0.29) is 11.9 Å². The fraction of sp³-hybridized carbons (Fsp3) is 0.400. The highest BCUT2D eigenvalue weighted by Gasteiger charge is 2.20. The Hall–Kier alpha value is -1.29. The minimum atomic E-state index is -0.457. The van der Waals surface area contributed by atoms with Gasteiger partial charge in [0.2, 0.25) is 0 Å². The molecular formula is C10H12FNO2. The average molecular weight is 197 g/mol. The van der Waals surface area contributed by atoms with Crippen molar-refractivity contribution in [2.45, 2.75) is 12.5 Å². The van der Waals surface area contributed by atoms with E-state index in [2.05, 4.69) is 0 Å². The van der Waals surface area contributed by atoms with Crippen LogP contribution >= 0.6 is 0 Å². The van der Waals surface area contributed by atoms with E-state index in [4.69, 9.17) is 0 Å². The van der Waals surface area contributed by atoms with Crippen molar-refractivity contribution in [1.29, 1.82) is 0 Å². The maximum Gasteiger partial charge on any atom is 0.128 e. The van der Waals surface area contributed by atoms with E-state index in [9.17, 15) is 14.6 Å². The molecule has 0 radical (unpaired) electrons. The van der Waals surface area contributed by atoms with Crippen LogP contribution in [0, 0.1) is 5.82 Å². The zero-order valence-corrected chi connectivity index (χ0v) is 7.65. The number of aliphatic hydroxyl groups is 1. The summed E-state index contributed by atoms with van der Waals surface area (Å²) >= 11 is 0. The predicted octanol–water partition coefficient (Wildman–Crippen LogP) is 1.10. The number of phenols is 1. The van der Waals surface area contributed by atoms with Crippen LogP contribution in [0.4, 0.5) is 10.1 Å². The molecule has 1 unspecified atom stereocenters. The molecule has 0 aromatic heterocycles. The molecule has 0 amide bonds. The van der Waals surface area contributed by atoms with Crippen LogP contribution in [0.25, 0.3) is 0 Å². The van der Waals surface area contributed by atoms with Crippen LogP contribution in [0.3, 0.4) is 0 Å². The first-order valence-electron chi connectivity index (χ1n) is 4.58. The SMILES string of the molecule is Oc1cc(F)cc(N2CCC(O)C2)c1. The minimum absolute atomic E-state index is 0.0820. The molecule has 0 aliphatic carbocycles. The van der Waals surface area contributed by atoms with E-state index >= 15 is 0 Å². The first-order valence-corrected chi connectivity index (χ1v) is 4.58. The number of hydrogen-bond acceptors (Lipinski definition) is 3. The molecule has 1 fully saturated rings. The summed E-state index contributed by atoms with van der Waals surface area (Å²) < 4.78 is 12.9. The Labute approximate surface area is 81.4 Å². The molecule has 4 heteroatoms. The van der Waals surface area contributed by atoms with Gasteiger partial charge >= 0.3 is 0 Å². The third kappa shape index (κ3) is 1.80. The lowest BCUT2D eigenvalue weighted by molar-refractivity contribution is 0.198. The molecule has 14 heavy (non-hydrogen) atoms. The van der Waals surface area contributed by atoms with Gasteiger partial charge in [0.05, 0.1) is 6.10 Å². The summed E-state index contributed by atoms with van der Waals surface area (Å²) in [5.74, 6) is -0.539. The molecule has 0 spiro atoms. The maximum atomic E-state index is 12.9. The monoisotopic (exact) mass is 197 g/mol. The second-order valence-corrected chi connectivity index (χ2v) is 3.56. The average Bonchev–Trinajstić information content (AvgIpc) is 2.50. The standard InChI is InChI=1S/C10H12FNO2/c11-7-3-8(5-10(14)4-7)12-2-1-9(13)6-12/h3-5,9,13-14H,1-2,6H2. The number of phenolic OH excluding ortho intramolecular Hbond substituents is 1. The molecule has 1 aliphatic heterocycles. The third-order valence-electron chi connectivity index (χ3n) is 2.40. The van der Waals surface area contributed by atoms with E-state index in [1.54, 1.807) is 0 Å². The quantitative estimate of drug-likeness (QED) is 0.708. The van der Waals surface area contributed by atoms with E-state index in [0.29, 0.717) is 25.2 Å². The lowest BCUT2D eigenvalue weighted by Crippen LogP contribution is -2.21. The minimum Gasteiger partial charge on any atom is -0.508 e. The van der Waals surface area contributed by atoms with E-state index < -0.39 is 5.82 Å². The van der Waals surface area contributed by atoms with Crippen LogP contribution in [-0.4, -0.2) is 29.4 Å². The predicted molar refractivity (Wildman–Crippen MR) is 50.9 cm³/mol. The number of nitrogens with zero attached hydrogens (tertiary/aromatic N) is 1. The second-order valence-electron chi connectivity index (χ2n) is 3.56. The Bertz CT molecular complexity index is 323. The van der Waals surface area contributed by atoms with Crippen molar-refractivity contribution in [2.75, 3.05) is 18.0 Å². The largest absolute Gasteiger partial charge is 0.508 e. The third-order valence-corrected chi connectivity index (χ3v) is 2.40. The van der Waals surface area contributed by atoms with Gasteiger partial charge in [-0.1, -0.05) is 0 Å². The lowest BCUT2D eigenvalue weighted by Gasteiger charge is -2.17. The highest BCUT2D eigenvalue weighted by molar-refractivity contribution is 5.51. The summed E-state index contributed by atoms with van der Waals surface area (Å²) in [6, 6.07) is 3.93. The molecule has 1 aromatic rings. The molecule has 0 bridgehead atoms. The molecule has 1 atom stereocenters. The van der Waals surface area contributed by atoms with Gasteiger partial charge in [0, 0.05) is 30.9 Å². The summed E-state index contributed by atoms with van der Waals surface area (Å²) in [5, 5.41) is 18.5. The molecule has 3 nitrogen and oxygen atoms in total. The molecule has 1 aromatic carbocycles. The number of halogens is 1. The maximum absolute atomic E-state index is 12.9. The van der Waals surface area contributed by atoms with Gasteiger partial charge in [-0.2, -0.15) is 0 Å². The van der Waals surface area contributed by atoms with Gasteiger partial charge in [0.15, 0.2) is 0 Å². The van der Waals surface area contributed by atoms with Gasteiger partial charge in [-0.25, -0.2) is 4.39 Å². The van der Waals surface area contributed by atoms with Gasteiger partial charge < -0.3 is 15.1 Å². The fourth-order valence-electron chi connectivity index (χ4n) is 1.72. The van der Waals surface area contributed by atoms with Crippen LogP contribution in [0.5, 0.6) is 5.75 Å². The van der Waals surface area contributed by atoms with Crippen molar-refractivity contribution in [2.24, 2.45) is 0 Å². The molecule has 1 aliphatic rings. The van der Waals surface area contributed by atoms with Crippen molar-refractivity contribution < 1.29 is 14.6 Å². The van der Waals surface area contributed by atoms with Crippen LogP contribution < -0.4 is 4.90 Å². The summed E-state index contributed by atoms with van der Waals surface area (Å²) in [6.45, 7) is 1.20. The summed E-state index contributed by atoms with van der Waals surface area (Å²) in [7, 11) is 0. The Morgan fingerprint density at radius 1 is 1.36 bits per heavy atom. The fourth-order valence-corrected chi connectivity index (χ4v) is 1.72. The van der Waals surface area contributed by atoms with Crippen molar-refractivity contribution >= 4 is 5.69 Å². The second kappa shape index (κ2) is 3.46. The van der Waals surface area contributed by atoms with Crippen LogP contribution in [0.2, 0.25) is 0 Å². The molecule has 76 valence electrons. The zero-order chi connectivity index (χ0) is 10.1. The Morgan fingerprint density at radius 2 is 2.14 bits per heavy atom. The molecule has 1 saturated heterocycles. The van der Waals surface area contributed by atoms with Crippen molar-refractivity contribution in [3.8, 4) is 5.75 Å². The number of hydrogen-bond donors (Lipinski definition) is 2. The summed E-state index contributed by atoms with van der Waals surface area (Å²) in [6.07, 6.45) is 0.345. The van der Waals surface area contributed by atoms with E-state index in [1.165, 1.54) is 12.1 Å². The van der Waals surface area contributed by atoms with Gasteiger partial charge in [0.1, 0.15) is 11.6 Å². The molecule has 1 heterocycles. The normalized spacial score (nSPS) is 21.6. The Morgan fingerprint density at radius 3 is 2.71 bits per heavy atom. The number of β-amino-alcohol motifs (C(OH)–C–C–N with tert-alkyl or cyclic N) is 1. The highest BCUT2D eigenvalue weighted by atomic mass is 19.1. The highest BCUT2D eigenvalue weighted by Crippen LogP contribution is 2.25. The molecule has 2 rings (SSSR count). The topological polar surface area (TPSA) is 43.7 Å². The first kappa shape index (κ1) is 9.27. The lowest BCUT2D eigenvalue weighted by atomic mass is 10.2. The summed E-state index contributed by atoms with van der Waals surface area (Å²) in [5.41, 5.74) is 0.624. The molecule has 0 saturated carbocycles. The van der Waals surface area contributed by atoms with Gasteiger partial charge in [-0.3, -0.25) is 0 Å². The van der Waals surface area contributed by atoms with Gasteiger partial charge in [-0.15, -0.1) is 0 Å². The number of rotatable bonds is 1. The van der Waals surface area contributed by atoms with E-state index in [1.807, 2.05) is 4.90 Å². The number of aliphatic hydroxyl groups excluding tert-OH is 1. The molecule has 2 N–H and O–H groups in total. The Balaban J connectivity index is 2.23. The van der Waals surface area contributed by atoms with Gasteiger partial charge in [-0.05, 0) is 12.5 Å². The van der Waals surface area contributed by atoms with Crippen molar-refractivity contribution in [3.05, 3.63) is 24.0 Å². The number of anilines is 1. The number of benzene rings is 1. The number of aromatic hydroxyl groups is 1. The van der Waals surface area contributed by atoms with E-state index in [0.717, 1.165) is 6.07 Å². The first-order chi connectivity index (χ1) is 6.65. The van der Waals surface area contributed by atoms with Gasteiger partial charge in [0.25, 0.3) is 0 Å². The smallest absolute Gasteiger partial charge is 0.128 e. The molecular weight excluding hydrogens is 185 g/mol. The Kier molecular flexibility index (Phi) is 2.29. The van der Waals surface area contributed by atoms with Crippen molar-refractivity contribution in [3.63, 3.8) is 0 Å². The summed E-state index contributed by atoms with van der Waals surface area (Å²) in [4.78, 5) is 1.85. The van der Waals surface area contributed by atoms with Crippen LogP contribution in [0.1, 0.15) is 6.42 Å². The van der Waals surface area contributed by atoms with Crippen LogP contribution in [0.15, 0.2) is 18.2 Å². The zero-order valence-electron chi connectivity index (χ0n) is 7.65. The van der Waals surface area contributed by atoms with Crippen LogP contribution in [-0.2, 0) is 0 Å².